The molecule has 0 aromatic rings. The Morgan fingerprint density at radius 2 is 1.82 bits per heavy atom. The number of nitrogens with zero attached hydrogens (tertiary/aromatic N) is 1. The van der Waals surface area contributed by atoms with Gasteiger partial charge < -0.3 is 10.5 Å². The highest BCUT2D eigenvalue weighted by molar-refractivity contribution is 7.87. The molecule has 2 atom stereocenters. The van der Waals surface area contributed by atoms with E-state index >= 15 is 0 Å². The minimum Gasteiger partial charge on any atom is -0.373 e. The molecule has 102 valence electrons. The summed E-state index contributed by atoms with van der Waals surface area (Å²) in [7, 11) is -3.46. The summed E-state index contributed by atoms with van der Waals surface area (Å²) < 4.78 is 33.5. The molecule has 1 aliphatic rings. The summed E-state index contributed by atoms with van der Waals surface area (Å²) in [5.74, 6) is 0. The largest absolute Gasteiger partial charge is 0.373 e. The van der Waals surface area contributed by atoms with Gasteiger partial charge in [0.15, 0.2) is 0 Å². The Hall–Kier alpha value is -0.210. The average Bonchev–Trinajstić information content (AvgIpc) is 2.12. The molecule has 0 radical (unpaired) electrons. The maximum atomic E-state index is 12.0. The number of ether oxygens (including phenoxy) is 1. The number of hydrogen-bond acceptors (Lipinski definition) is 4. The van der Waals surface area contributed by atoms with Crippen LogP contribution in [0, 0.1) is 0 Å². The van der Waals surface area contributed by atoms with Crippen molar-refractivity contribution in [2.24, 2.45) is 5.73 Å². The number of nitrogens with one attached hydrogen (secondary N) is 1. The Labute approximate surface area is 104 Å². The molecule has 0 saturated carbocycles. The van der Waals surface area contributed by atoms with Crippen LogP contribution in [0.3, 0.4) is 0 Å². The second kappa shape index (κ2) is 5.19. The average molecular weight is 265 g/mol. The van der Waals surface area contributed by atoms with Gasteiger partial charge in [-0.3, -0.25) is 0 Å². The van der Waals surface area contributed by atoms with Crippen molar-refractivity contribution < 1.29 is 13.2 Å². The van der Waals surface area contributed by atoms with E-state index in [1.165, 1.54) is 4.31 Å². The van der Waals surface area contributed by atoms with E-state index in [9.17, 15) is 8.42 Å². The van der Waals surface area contributed by atoms with Gasteiger partial charge in [0.1, 0.15) is 0 Å². The summed E-state index contributed by atoms with van der Waals surface area (Å²) >= 11 is 0. The van der Waals surface area contributed by atoms with Crippen molar-refractivity contribution in [3.8, 4) is 0 Å². The van der Waals surface area contributed by atoms with E-state index in [1.807, 2.05) is 13.8 Å². The maximum Gasteiger partial charge on any atom is 0.279 e. The molecule has 0 aromatic carbocycles. The lowest BCUT2D eigenvalue weighted by molar-refractivity contribution is -0.0444. The molecule has 7 heteroatoms. The molecular formula is C10H23N3O3S. The van der Waals surface area contributed by atoms with Gasteiger partial charge in [-0.25, -0.2) is 4.72 Å². The van der Waals surface area contributed by atoms with E-state index in [0.717, 1.165) is 0 Å². The van der Waals surface area contributed by atoms with Gasteiger partial charge in [-0.2, -0.15) is 12.7 Å². The van der Waals surface area contributed by atoms with Gasteiger partial charge in [0.2, 0.25) is 0 Å². The smallest absolute Gasteiger partial charge is 0.279 e. The van der Waals surface area contributed by atoms with Crippen LogP contribution in [0.1, 0.15) is 27.7 Å². The van der Waals surface area contributed by atoms with Crippen molar-refractivity contribution in [1.82, 2.24) is 9.03 Å². The molecule has 1 heterocycles. The Kier molecular flexibility index (Phi) is 4.54. The fraction of sp³-hybridized carbons (Fsp3) is 1.00. The molecule has 0 aromatic heterocycles. The van der Waals surface area contributed by atoms with E-state index in [-0.39, 0.29) is 18.8 Å². The van der Waals surface area contributed by atoms with Gasteiger partial charge in [0.05, 0.1) is 12.2 Å². The highest BCUT2D eigenvalue weighted by atomic mass is 32.2. The van der Waals surface area contributed by atoms with Crippen LogP contribution in [0.2, 0.25) is 0 Å². The second-order valence-corrected chi connectivity index (χ2v) is 7.14. The fourth-order valence-electron chi connectivity index (χ4n) is 1.70. The van der Waals surface area contributed by atoms with Crippen LogP contribution < -0.4 is 10.5 Å². The summed E-state index contributed by atoms with van der Waals surface area (Å²) in [6, 6.07) is 0. The topological polar surface area (TPSA) is 84.7 Å². The van der Waals surface area contributed by atoms with Crippen molar-refractivity contribution >= 4 is 10.2 Å². The third-order valence-corrected chi connectivity index (χ3v) is 3.92. The van der Waals surface area contributed by atoms with E-state index in [1.54, 1.807) is 13.8 Å². The van der Waals surface area contributed by atoms with Crippen molar-refractivity contribution in [3.05, 3.63) is 0 Å². The Balaban J connectivity index is 2.63. The normalized spacial score (nSPS) is 28.3. The zero-order valence-corrected chi connectivity index (χ0v) is 11.8. The first-order valence-electron chi connectivity index (χ1n) is 5.79. The van der Waals surface area contributed by atoms with Crippen molar-refractivity contribution in [1.29, 1.82) is 0 Å². The molecule has 0 amide bonds. The number of morpholine rings is 1. The lowest BCUT2D eigenvalue weighted by atomic mass is 10.1. The van der Waals surface area contributed by atoms with Crippen LogP contribution in [-0.2, 0) is 14.9 Å². The third-order valence-electron chi connectivity index (χ3n) is 2.44. The standard InChI is InChI=1S/C10H23N3O3S/c1-8-5-13(6-9(2)16-8)17(14,15)12-7-10(3,4)11/h8-9,12H,5-7,11H2,1-4H3. The highest BCUT2D eigenvalue weighted by Gasteiger charge is 2.31. The van der Waals surface area contributed by atoms with Gasteiger partial charge in [0.25, 0.3) is 10.2 Å². The molecule has 3 N–H and O–H groups in total. The van der Waals surface area contributed by atoms with Gasteiger partial charge >= 0.3 is 0 Å². The zero-order valence-electron chi connectivity index (χ0n) is 10.9. The number of hydrogen-bond donors (Lipinski definition) is 2. The molecule has 1 rings (SSSR count). The van der Waals surface area contributed by atoms with Crippen molar-refractivity contribution in [2.75, 3.05) is 19.6 Å². The summed E-state index contributed by atoms with van der Waals surface area (Å²) in [6.45, 7) is 8.26. The van der Waals surface area contributed by atoms with Gasteiger partial charge in [0, 0.05) is 25.2 Å². The van der Waals surface area contributed by atoms with Crippen molar-refractivity contribution in [2.45, 2.75) is 45.4 Å². The molecule has 2 unspecified atom stereocenters. The number of nitrogens with two attached hydrogens (primary N) is 1. The summed E-state index contributed by atoms with van der Waals surface area (Å²) in [5.41, 5.74) is 5.20. The minimum atomic E-state index is -3.46. The van der Waals surface area contributed by atoms with Crippen LogP contribution in [0.25, 0.3) is 0 Å². The zero-order chi connectivity index (χ0) is 13.3. The number of rotatable bonds is 4. The van der Waals surface area contributed by atoms with Gasteiger partial charge in [-0.15, -0.1) is 0 Å². The molecule has 1 fully saturated rings. The first-order chi connectivity index (χ1) is 7.60. The predicted molar refractivity (Wildman–Crippen MR) is 66.8 cm³/mol. The van der Waals surface area contributed by atoms with E-state index in [2.05, 4.69) is 4.72 Å². The van der Waals surface area contributed by atoms with Crippen LogP contribution in [0.15, 0.2) is 0 Å². The van der Waals surface area contributed by atoms with E-state index in [0.29, 0.717) is 13.1 Å². The Morgan fingerprint density at radius 3 is 2.24 bits per heavy atom. The van der Waals surface area contributed by atoms with Crippen molar-refractivity contribution in [3.63, 3.8) is 0 Å². The monoisotopic (exact) mass is 265 g/mol. The summed E-state index contributed by atoms with van der Waals surface area (Å²) in [4.78, 5) is 0. The van der Waals surface area contributed by atoms with Crippen LogP contribution in [0.5, 0.6) is 0 Å². The minimum absolute atomic E-state index is 0.0822. The van der Waals surface area contributed by atoms with Crippen LogP contribution >= 0.6 is 0 Å². The fourth-order valence-corrected chi connectivity index (χ4v) is 3.24. The maximum absolute atomic E-state index is 12.0. The van der Waals surface area contributed by atoms with Crippen LogP contribution in [-0.4, -0.2) is 50.1 Å². The van der Waals surface area contributed by atoms with E-state index < -0.39 is 15.7 Å². The molecule has 6 nitrogen and oxygen atoms in total. The molecule has 0 spiro atoms. The lowest BCUT2D eigenvalue weighted by Crippen LogP contribution is -2.54. The Morgan fingerprint density at radius 1 is 1.35 bits per heavy atom. The molecular weight excluding hydrogens is 242 g/mol. The molecule has 0 aliphatic carbocycles. The molecule has 1 saturated heterocycles. The van der Waals surface area contributed by atoms with Gasteiger partial charge in [-0.1, -0.05) is 0 Å². The summed E-state index contributed by atoms with van der Waals surface area (Å²) in [5, 5.41) is 0. The first-order valence-corrected chi connectivity index (χ1v) is 7.23. The molecule has 0 bridgehead atoms. The van der Waals surface area contributed by atoms with Gasteiger partial charge in [-0.05, 0) is 27.7 Å². The summed E-state index contributed by atoms with van der Waals surface area (Å²) in [6.07, 6.45) is -0.164. The van der Waals surface area contributed by atoms with E-state index in [4.69, 9.17) is 10.5 Å². The SMILES string of the molecule is CC1CN(S(=O)(=O)NCC(C)(C)N)CC(C)O1. The Bertz CT molecular complexity index is 340. The third kappa shape index (κ3) is 4.89. The molecule has 1 aliphatic heterocycles. The quantitative estimate of drug-likeness (QED) is 0.729. The molecule has 17 heavy (non-hydrogen) atoms. The highest BCUT2D eigenvalue weighted by Crippen LogP contribution is 2.13. The first kappa shape index (κ1) is 14.8. The van der Waals surface area contributed by atoms with Crippen LogP contribution in [0.4, 0.5) is 0 Å². The predicted octanol–water partition coefficient (Wildman–Crippen LogP) is -0.333. The lowest BCUT2D eigenvalue weighted by Gasteiger charge is -2.34. The second-order valence-electron chi connectivity index (χ2n) is 5.39.